The Kier molecular flexibility index (Phi) is 9.57. The van der Waals surface area contributed by atoms with Gasteiger partial charge in [-0.2, -0.15) is 0 Å². The minimum atomic E-state index is -0.312. The number of piperazine rings is 1. The van der Waals surface area contributed by atoms with E-state index in [-0.39, 0.29) is 18.2 Å². The van der Waals surface area contributed by atoms with Crippen molar-refractivity contribution in [3.8, 4) is 23.0 Å². The normalized spacial score (nSPS) is 13.8. The lowest BCUT2D eigenvalue weighted by molar-refractivity contribution is -0.131. The van der Waals surface area contributed by atoms with Crippen molar-refractivity contribution in [3.05, 3.63) is 114 Å². The summed E-state index contributed by atoms with van der Waals surface area (Å²) in [4.78, 5) is 23.1. The van der Waals surface area contributed by atoms with Crippen LogP contribution in [0.25, 0.3) is 5.65 Å². The summed E-state index contributed by atoms with van der Waals surface area (Å²) in [5.41, 5.74) is 4.63. The molecule has 46 heavy (non-hydrogen) atoms. The van der Waals surface area contributed by atoms with E-state index in [2.05, 4.69) is 11.0 Å². The van der Waals surface area contributed by atoms with Crippen molar-refractivity contribution in [2.24, 2.45) is 0 Å². The number of hydrogen-bond donors (Lipinski definition) is 0. The number of rotatable bonds is 12. The first-order valence-electron chi connectivity index (χ1n) is 15.7. The number of hydrogen-bond acceptors (Lipinski definition) is 7. The number of pyridine rings is 1. The molecule has 1 saturated heterocycles. The number of para-hydroxylation sites is 2. The molecule has 0 aliphatic carbocycles. The van der Waals surface area contributed by atoms with E-state index in [0.29, 0.717) is 49.2 Å². The molecule has 1 aliphatic heterocycles. The number of carbonyl (C=O) groups excluding carboxylic acids is 1. The van der Waals surface area contributed by atoms with Crippen molar-refractivity contribution in [2.45, 2.75) is 25.9 Å². The summed E-state index contributed by atoms with van der Waals surface area (Å²) in [6.07, 6.45) is 4.07. The third kappa shape index (κ3) is 6.73. The van der Waals surface area contributed by atoms with E-state index < -0.39 is 0 Å². The molecule has 238 valence electrons. The summed E-state index contributed by atoms with van der Waals surface area (Å²) in [5, 5.41) is 0. The van der Waals surface area contributed by atoms with Crippen molar-refractivity contribution in [1.82, 2.24) is 14.3 Å². The molecule has 0 N–H and O–H groups in total. The molecule has 0 spiro atoms. The molecule has 0 radical (unpaired) electrons. The second kappa shape index (κ2) is 14.3. The van der Waals surface area contributed by atoms with Crippen LogP contribution in [-0.4, -0.2) is 67.2 Å². The third-order valence-electron chi connectivity index (χ3n) is 8.42. The average Bonchev–Trinajstić information content (AvgIpc) is 3.55. The minimum absolute atomic E-state index is 0.0796. The lowest BCUT2D eigenvalue weighted by atomic mass is 9.91. The molecular formula is C37H40N4O5. The summed E-state index contributed by atoms with van der Waals surface area (Å²) >= 11 is 0. The van der Waals surface area contributed by atoms with Gasteiger partial charge >= 0.3 is 0 Å². The number of nitrogens with zero attached hydrogens (tertiary/aromatic N) is 4. The molecule has 5 aromatic rings. The Morgan fingerprint density at radius 3 is 2.24 bits per heavy atom. The Morgan fingerprint density at radius 2 is 1.52 bits per heavy atom. The monoisotopic (exact) mass is 620 g/mol. The van der Waals surface area contributed by atoms with Crippen molar-refractivity contribution in [3.63, 3.8) is 0 Å². The topological polar surface area (TPSA) is 77.8 Å². The molecule has 3 heterocycles. The van der Waals surface area contributed by atoms with Gasteiger partial charge in [-0.15, -0.1) is 0 Å². The fraction of sp³-hybridized carbons (Fsp3) is 0.297. The van der Waals surface area contributed by atoms with Crippen molar-refractivity contribution < 1.29 is 23.7 Å². The first kappa shape index (κ1) is 30.8. The Labute approximate surface area is 269 Å². The second-order valence-electron chi connectivity index (χ2n) is 11.2. The molecule has 9 nitrogen and oxygen atoms in total. The van der Waals surface area contributed by atoms with E-state index in [9.17, 15) is 4.79 Å². The van der Waals surface area contributed by atoms with Gasteiger partial charge in [0.2, 0.25) is 5.91 Å². The largest absolute Gasteiger partial charge is 0.497 e. The molecule has 1 atom stereocenters. The van der Waals surface area contributed by atoms with Crippen LogP contribution >= 0.6 is 0 Å². The molecule has 0 saturated carbocycles. The second-order valence-corrected chi connectivity index (χ2v) is 11.2. The Balaban J connectivity index is 1.27. The highest BCUT2D eigenvalue weighted by Crippen LogP contribution is 2.36. The van der Waals surface area contributed by atoms with Crippen LogP contribution in [0.4, 0.5) is 5.69 Å². The predicted molar refractivity (Wildman–Crippen MR) is 178 cm³/mol. The number of ether oxygens (including phenoxy) is 4. The van der Waals surface area contributed by atoms with Gasteiger partial charge in [-0.1, -0.05) is 42.5 Å². The van der Waals surface area contributed by atoms with Gasteiger partial charge in [0.25, 0.3) is 0 Å². The molecule has 1 amide bonds. The van der Waals surface area contributed by atoms with Gasteiger partial charge in [0, 0.05) is 57.0 Å². The number of methoxy groups -OCH3 is 2. The summed E-state index contributed by atoms with van der Waals surface area (Å²) < 4.78 is 25.3. The zero-order valence-electron chi connectivity index (χ0n) is 26.6. The average molecular weight is 621 g/mol. The minimum Gasteiger partial charge on any atom is -0.497 e. The molecule has 9 heteroatoms. The summed E-state index contributed by atoms with van der Waals surface area (Å²) in [7, 11) is 3.26. The SMILES string of the molecule is CCOc1ccccc1N1CCN(C(=O)CC(c2cc(OC)cc(OC)c2)c2cnc3c(OCc4ccccc4)cccn23)CC1. The van der Waals surface area contributed by atoms with Crippen LogP contribution in [0.2, 0.25) is 0 Å². The first-order valence-corrected chi connectivity index (χ1v) is 15.7. The quantitative estimate of drug-likeness (QED) is 0.164. The van der Waals surface area contributed by atoms with E-state index in [1.807, 2.05) is 107 Å². The maximum atomic E-state index is 14.0. The number of amides is 1. The number of benzene rings is 3. The molecule has 1 aliphatic rings. The number of aromatic nitrogens is 2. The Bertz CT molecular complexity index is 1740. The lowest BCUT2D eigenvalue weighted by Gasteiger charge is -2.37. The van der Waals surface area contributed by atoms with Crippen LogP contribution in [-0.2, 0) is 11.4 Å². The van der Waals surface area contributed by atoms with Crippen LogP contribution < -0.4 is 23.8 Å². The van der Waals surface area contributed by atoms with E-state index in [1.54, 1.807) is 14.2 Å². The first-order chi connectivity index (χ1) is 22.6. The smallest absolute Gasteiger partial charge is 0.223 e. The number of imidazole rings is 1. The molecule has 0 bridgehead atoms. The molecular weight excluding hydrogens is 580 g/mol. The zero-order chi connectivity index (χ0) is 31.9. The highest BCUT2D eigenvalue weighted by atomic mass is 16.5. The maximum Gasteiger partial charge on any atom is 0.223 e. The third-order valence-corrected chi connectivity index (χ3v) is 8.42. The number of anilines is 1. The van der Waals surface area contributed by atoms with Gasteiger partial charge in [0.15, 0.2) is 11.4 Å². The van der Waals surface area contributed by atoms with E-state index in [1.165, 1.54) is 0 Å². The van der Waals surface area contributed by atoms with Gasteiger partial charge in [-0.25, -0.2) is 4.98 Å². The Hall–Kier alpha value is -5.18. The fourth-order valence-corrected chi connectivity index (χ4v) is 6.03. The van der Waals surface area contributed by atoms with E-state index in [4.69, 9.17) is 23.9 Å². The Morgan fingerprint density at radius 1 is 0.826 bits per heavy atom. The van der Waals surface area contributed by atoms with Gasteiger partial charge in [0.1, 0.15) is 23.9 Å². The highest BCUT2D eigenvalue weighted by Gasteiger charge is 2.29. The predicted octanol–water partition coefficient (Wildman–Crippen LogP) is 6.20. The lowest BCUT2D eigenvalue weighted by Crippen LogP contribution is -2.49. The molecule has 2 aromatic heterocycles. The molecule has 6 rings (SSSR count). The highest BCUT2D eigenvalue weighted by molar-refractivity contribution is 5.78. The zero-order valence-corrected chi connectivity index (χ0v) is 26.6. The van der Waals surface area contributed by atoms with Crippen LogP contribution in [0, 0.1) is 0 Å². The van der Waals surface area contributed by atoms with Gasteiger partial charge in [0.05, 0.1) is 32.2 Å². The van der Waals surface area contributed by atoms with Crippen molar-refractivity contribution in [2.75, 3.05) is 51.9 Å². The van der Waals surface area contributed by atoms with Crippen LogP contribution in [0.15, 0.2) is 97.3 Å². The van der Waals surface area contributed by atoms with E-state index >= 15 is 0 Å². The summed E-state index contributed by atoms with van der Waals surface area (Å²) in [5.74, 6) is 2.64. The number of fused-ring (bicyclic) bond motifs is 1. The molecule has 3 aromatic carbocycles. The van der Waals surface area contributed by atoms with Gasteiger partial charge in [-0.3, -0.25) is 4.79 Å². The van der Waals surface area contributed by atoms with Crippen molar-refractivity contribution >= 4 is 17.2 Å². The summed E-state index contributed by atoms with van der Waals surface area (Å²) in [6, 6.07) is 27.8. The van der Waals surface area contributed by atoms with Crippen molar-refractivity contribution in [1.29, 1.82) is 0 Å². The van der Waals surface area contributed by atoms with Crippen LogP contribution in [0.1, 0.15) is 36.1 Å². The molecule has 1 fully saturated rings. The van der Waals surface area contributed by atoms with Crippen LogP contribution in [0.5, 0.6) is 23.0 Å². The van der Waals surface area contributed by atoms with Gasteiger partial charge in [-0.05, 0) is 54.4 Å². The molecule has 1 unspecified atom stereocenters. The fourth-order valence-electron chi connectivity index (χ4n) is 6.03. The maximum absolute atomic E-state index is 14.0. The van der Waals surface area contributed by atoms with Gasteiger partial charge < -0.3 is 33.1 Å². The van der Waals surface area contributed by atoms with E-state index in [0.717, 1.165) is 41.3 Å². The van der Waals surface area contributed by atoms with Crippen LogP contribution in [0.3, 0.4) is 0 Å². The standard InChI is InChI=1S/C37H40N4O5/c1-4-45-34-14-9-8-13-32(34)39-17-19-40(20-18-39)36(42)24-31(28-21-29(43-2)23-30(22-28)44-3)33-25-38-37-35(15-10-16-41(33)37)46-26-27-11-6-5-7-12-27/h5-16,21-23,25,31H,4,17-20,24,26H2,1-3H3. The number of carbonyl (C=O) groups is 1. The summed E-state index contributed by atoms with van der Waals surface area (Å²) in [6.45, 7) is 5.73.